The first kappa shape index (κ1) is 16.2. The number of hydrogen-bond donors (Lipinski definition) is 0. The van der Waals surface area contributed by atoms with Gasteiger partial charge in [-0.1, -0.05) is 0 Å². The Hall–Kier alpha value is -3.32. The summed E-state index contributed by atoms with van der Waals surface area (Å²) in [6, 6.07) is 6.08. The molecule has 0 saturated carbocycles. The van der Waals surface area contributed by atoms with E-state index < -0.39 is 0 Å². The van der Waals surface area contributed by atoms with E-state index in [1.54, 1.807) is 20.7 Å². The number of carbonyl (C=O) groups excluding carboxylic acids is 1. The molecule has 1 amide bonds. The van der Waals surface area contributed by atoms with Crippen LogP contribution in [0.2, 0.25) is 0 Å². The van der Waals surface area contributed by atoms with E-state index in [9.17, 15) is 10.1 Å². The van der Waals surface area contributed by atoms with E-state index in [0.29, 0.717) is 31.6 Å². The maximum Gasteiger partial charge on any atom is 0.231 e. The number of nitrogens with zero attached hydrogens (tertiary/aromatic N) is 6. The van der Waals surface area contributed by atoms with Crippen LogP contribution in [-0.4, -0.2) is 40.2 Å². The number of rotatable bonds is 2. The summed E-state index contributed by atoms with van der Waals surface area (Å²) in [5.74, 6) is -0.0938. The van der Waals surface area contributed by atoms with Crippen LogP contribution >= 0.6 is 0 Å². The van der Waals surface area contributed by atoms with Crippen molar-refractivity contribution in [1.29, 1.82) is 10.5 Å². The Kier molecular flexibility index (Phi) is 3.85. The molecule has 2 aromatic rings. The van der Waals surface area contributed by atoms with E-state index in [-0.39, 0.29) is 11.8 Å². The number of aryl methyl sites for hydroxylation is 1. The van der Waals surface area contributed by atoms with Crippen molar-refractivity contribution in [3.8, 4) is 23.4 Å². The molecule has 0 N–H and O–H groups in total. The van der Waals surface area contributed by atoms with Crippen LogP contribution in [-0.2, 0) is 18.3 Å². The van der Waals surface area contributed by atoms with E-state index in [2.05, 4.69) is 17.4 Å². The lowest BCUT2D eigenvalue weighted by molar-refractivity contribution is -0.121. The summed E-state index contributed by atoms with van der Waals surface area (Å²) < 4.78 is 1.71. The highest BCUT2D eigenvalue weighted by molar-refractivity contribution is 5.98. The van der Waals surface area contributed by atoms with Gasteiger partial charge in [-0.05, 0) is 30.5 Å². The average molecular weight is 346 g/mol. The van der Waals surface area contributed by atoms with Crippen LogP contribution in [0.1, 0.15) is 17.5 Å². The highest BCUT2D eigenvalue weighted by atomic mass is 16.2. The van der Waals surface area contributed by atoms with Gasteiger partial charge in [0.15, 0.2) is 6.19 Å². The summed E-state index contributed by atoms with van der Waals surface area (Å²) >= 11 is 0. The summed E-state index contributed by atoms with van der Waals surface area (Å²) in [5, 5.41) is 22.8. The van der Waals surface area contributed by atoms with Crippen LogP contribution in [0.5, 0.6) is 0 Å². The fourth-order valence-electron chi connectivity index (χ4n) is 3.83. The minimum absolute atomic E-state index is 0.0551. The fourth-order valence-corrected chi connectivity index (χ4v) is 3.83. The van der Waals surface area contributed by atoms with Crippen LogP contribution in [0, 0.1) is 28.7 Å². The zero-order valence-corrected chi connectivity index (χ0v) is 14.5. The molecule has 4 rings (SSSR count). The third-order valence-electron chi connectivity index (χ3n) is 5.20. The van der Waals surface area contributed by atoms with Crippen molar-refractivity contribution in [3.63, 3.8) is 0 Å². The van der Waals surface area contributed by atoms with Gasteiger partial charge in [0.25, 0.3) is 0 Å². The van der Waals surface area contributed by atoms with Crippen molar-refractivity contribution < 1.29 is 4.79 Å². The van der Waals surface area contributed by atoms with E-state index in [1.807, 2.05) is 25.4 Å². The first-order chi connectivity index (χ1) is 12.6. The number of nitriles is 2. The monoisotopic (exact) mass is 346 g/mol. The van der Waals surface area contributed by atoms with E-state index >= 15 is 0 Å². The van der Waals surface area contributed by atoms with Gasteiger partial charge in [0, 0.05) is 49.7 Å². The predicted molar refractivity (Wildman–Crippen MR) is 94.7 cm³/mol. The van der Waals surface area contributed by atoms with Crippen LogP contribution in [0.4, 0.5) is 5.69 Å². The Morgan fingerprint density at radius 2 is 2.15 bits per heavy atom. The summed E-state index contributed by atoms with van der Waals surface area (Å²) in [5.41, 5.74) is 4.20. The molecule has 1 aromatic carbocycles. The lowest BCUT2D eigenvalue weighted by Gasteiger charge is -2.21. The van der Waals surface area contributed by atoms with Crippen LogP contribution < -0.4 is 4.90 Å². The van der Waals surface area contributed by atoms with Crippen LogP contribution in [0.3, 0.4) is 0 Å². The number of likely N-dealkylation sites (tertiary alicyclic amines) is 1. The molecule has 2 aliphatic rings. The Bertz CT molecular complexity index is 963. The van der Waals surface area contributed by atoms with Gasteiger partial charge >= 0.3 is 0 Å². The number of anilines is 1. The molecule has 0 aliphatic carbocycles. The SMILES string of the molecule is Cn1cc(-c2cc3c(cc2C#N)N(C(=O)C2CCN(C#N)C2)CC3)cn1. The summed E-state index contributed by atoms with van der Waals surface area (Å²) in [6.45, 7) is 1.75. The zero-order chi connectivity index (χ0) is 18.3. The number of carbonyl (C=O) groups is 1. The minimum Gasteiger partial charge on any atom is -0.311 e. The second-order valence-corrected chi connectivity index (χ2v) is 6.81. The topological polar surface area (TPSA) is 89.0 Å². The number of amides is 1. The lowest BCUT2D eigenvalue weighted by Crippen LogP contribution is -2.36. The van der Waals surface area contributed by atoms with Gasteiger partial charge < -0.3 is 9.80 Å². The van der Waals surface area contributed by atoms with Gasteiger partial charge in [0.05, 0.1) is 23.7 Å². The van der Waals surface area contributed by atoms with Gasteiger partial charge in [-0.2, -0.15) is 15.6 Å². The number of aromatic nitrogens is 2. The molecule has 26 heavy (non-hydrogen) atoms. The van der Waals surface area contributed by atoms with E-state index in [0.717, 1.165) is 28.8 Å². The molecule has 1 fully saturated rings. The Morgan fingerprint density at radius 3 is 2.81 bits per heavy atom. The molecule has 0 radical (unpaired) electrons. The highest BCUT2D eigenvalue weighted by Gasteiger charge is 2.35. The van der Waals surface area contributed by atoms with Gasteiger partial charge in [-0.25, -0.2) is 0 Å². The molecule has 1 aromatic heterocycles. The first-order valence-corrected chi connectivity index (χ1v) is 8.63. The molecular formula is C19H18N6O. The number of benzene rings is 1. The lowest BCUT2D eigenvalue weighted by atomic mass is 9.98. The number of hydrogen-bond acceptors (Lipinski definition) is 5. The van der Waals surface area contributed by atoms with E-state index in [4.69, 9.17) is 5.26 Å². The van der Waals surface area contributed by atoms with E-state index in [1.165, 1.54) is 0 Å². The Labute approximate surface area is 151 Å². The Balaban J connectivity index is 1.66. The largest absolute Gasteiger partial charge is 0.311 e. The van der Waals surface area contributed by atoms with Gasteiger partial charge in [0.2, 0.25) is 5.91 Å². The van der Waals surface area contributed by atoms with Crippen molar-refractivity contribution in [2.75, 3.05) is 24.5 Å². The molecule has 0 bridgehead atoms. The predicted octanol–water partition coefficient (Wildman–Crippen LogP) is 1.65. The molecular weight excluding hydrogens is 328 g/mol. The molecule has 1 saturated heterocycles. The molecule has 2 aliphatic heterocycles. The highest BCUT2D eigenvalue weighted by Crippen LogP contribution is 2.36. The summed E-state index contributed by atoms with van der Waals surface area (Å²) in [4.78, 5) is 16.3. The maximum atomic E-state index is 12.9. The summed E-state index contributed by atoms with van der Waals surface area (Å²) in [7, 11) is 1.84. The fraction of sp³-hybridized carbons (Fsp3) is 0.368. The molecule has 0 spiro atoms. The quantitative estimate of drug-likeness (QED) is 0.772. The van der Waals surface area contributed by atoms with Crippen LogP contribution in [0.15, 0.2) is 24.5 Å². The zero-order valence-electron chi connectivity index (χ0n) is 14.5. The van der Waals surface area contributed by atoms with Crippen molar-refractivity contribution in [3.05, 3.63) is 35.7 Å². The molecule has 7 heteroatoms. The molecule has 1 unspecified atom stereocenters. The second-order valence-electron chi connectivity index (χ2n) is 6.81. The standard InChI is InChI=1S/C19H18N6O/c1-23-10-16(9-22-23)17-6-13-3-5-25(18(13)7-15(17)8-20)19(26)14-2-4-24(11-14)12-21/h6-7,9-10,14H,2-5,11H2,1H3. The van der Waals surface area contributed by atoms with Gasteiger partial charge in [-0.15, -0.1) is 0 Å². The Morgan fingerprint density at radius 1 is 1.31 bits per heavy atom. The first-order valence-electron chi connectivity index (χ1n) is 8.63. The van der Waals surface area contributed by atoms with Gasteiger partial charge in [0.1, 0.15) is 0 Å². The minimum atomic E-state index is -0.149. The normalized spacial score (nSPS) is 18.5. The molecule has 130 valence electrons. The van der Waals surface area contributed by atoms with Crippen molar-refractivity contribution in [2.24, 2.45) is 13.0 Å². The molecule has 1 atom stereocenters. The van der Waals surface area contributed by atoms with Crippen molar-refractivity contribution in [2.45, 2.75) is 12.8 Å². The third kappa shape index (κ3) is 2.58. The van der Waals surface area contributed by atoms with Gasteiger partial charge in [-0.3, -0.25) is 9.48 Å². The summed E-state index contributed by atoms with van der Waals surface area (Å²) in [6.07, 6.45) is 7.22. The van der Waals surface area contributed by atoms with Crippen molar-refractivity contribution >= 4 is 11.6 Å². The molecule has 7 nitrogen and oxygen atoms in total. The smallest absolute Gasteiger partial charge is 0.231 e. The third-order valence-corrected chi connectivity index (χ3v) is 5.20. The molecule has 3 heterocycles. The maximum absolute atomic E-state index is 12.9. The average Bonchev–Trinajstić information content (AvgIpc) is 3.38. The second kappa shape index (κ2) is 6.20. The number of fused-ring (bicyclic) bond motifs is 1. The van der Waals surface area contributed by atoms with Crippen molar-refractivity contribution in [1.82, 2.24) is 14.7 Å². The van der Waals surface area contributed by atoms with Crippen LogP contribution in [0.25, 0.3) is 11.1 Å².